The summed E-state index contributed by atoms with van der Waals surface area (Å²) in [5.41, 5.74) is 4.72. The van der Waals surface area contributed by atoms with Crippen LogP contribution in [0.3, 0.4) is 0 Å². The van der Waals surface area contributed by atoms with E-state index in [4.69, 9.17) is 0 Å². The summed E-state index contributed by atoms with van der Waals surface area (Å²) >= 11 is 0. The van der Waals surface area contributed by atoms with Crippen molar-refractivity contribution in [2.75, 3.05) is 18.5 Å². The monoisotopic (exact) mass is 271 g/mol. The highest BCUT2D eigenvalue weighted by Gasteiger charge is 2.16. The molecule has 1 aliphatic rings. The standard InChI is InChI=1S/C16H21N3O/c1-18-7-3-4-13-9-14(5-6-15(13)18)16(20)8-12-10-17-19(2)11-12/h5-6,9-11,16,20H,3-4,7-8H2,1-2H3. The van der Waals surface area contributed by atoms with Crippen LogP contribution in [0, 0.1) is 0 Å². The second-order valence-electron chi connectivity index (χ2n) is 5.66. The van der Waals surface area contributed by atoms with E-state index in [2.05, 4.69) is 29.2 Å². The van der Waals surface area contributed by atoms with Crippen LogP contribution >= 0.6 is 0 Å². The van der Waals surface area contributed by atoms with Gasteiger partial charge in [0.2, 0.25) is 0 Å². The predicted molar refractivity (Wildman–Crippen MR) is 79.9 cm³/mol. The number of hydrogen-bond donors (Lipinski definition) is 1. The van der Waals surface area contributed by atoms with Gasteiger partial charge in [-0.15, -0.1) is 0 Å². The van der Waals surface area contributed by atoms with Gasteiger partial charge in [0.05, 0.1) is 12.3 Å². The van der Waals surface area contributed by atoms with Crippen molar-refractivity contribution < 1.29 is 5.11 Å². The molecule has 2 heterocycles. The number of anilines is 1. The van der Waals surface area contributed by atoms with Crippen LogP contribution in [0.4, 0.5) is 5.69 Å². The maximum absolute atomic E-state index is 10.4. The van der Waals surface area contributed by atoms with Crippen molar-refractivity contribution in [3.05, 3.63) is 47.3 Å². The summed E-state index contributed by atoms with van der Waals surface area (Å²) in [6.07, 6.45) is 6.21. The van der Waals surface area contributed by atoms with Gasteiger partial charge < -0.3 is 10.0 Å². The summed E-state index contributed by atoms with van der Waals surface area (Å²) in [7, 11) is 4.02. The van der Waals surface area contributed by atoms with Crippen molar-refractivity contribution in [1.82, 2.24) is 9.78 Å². The lowest BCUT2D eigenvalue weighted by atomic mass is 9.96. The number of aliphatic hydroxyl groups excluding tert-OH is 1. The van der Waals surface area contributed by atoms with Crippen molar-refractivity contribution in [3.63, 3.8) is 0 Å². The van der Waals surface area contributed by atoms with Gasteiger partial charge in [-0.2, -0.15) is 5.10 Å². The van der Waals surface area contributed by atoms with Gasteiger partial charge >= 0.3 is 0 Å². The van der Waals surface area contributed by atoms with E-state index in [1.54, 1.807) is 4.68 Å². The van der Waals surface area contributed by atoms with Gasteiger partial charge in [-0.25, -0.2) is 0 Å². The minimum atomic E-state index is -0.461. The van der Waals surface area contributed by atoms with Crippen LogP contribution < -0.4 is 4.90 Å². The SMILES string of the molecule is CN1CCCc2cc(C(O)Cc3cnn(C)c3)ccc21. The van der Waals surface area contributed by atoms with Gasteiger partial charge in [-0.1, -0.05) is 12.1 Å². The molecule has 1 unspecified atom stereocenters. The summed E-state index contributed by atoms with van der Waals surface area (Å²) in [4.78, 5) is 2.29. The first-order chi connectivity index (χ1) is 9.63. The van der Waals surface area contributed by atoms with Crippen molar-refractivity contribution >= 4 is 5.69 Å². The number of aromatic nitrogens is 2. The van der Waals surface area contributed by atoms with Crippen LogP contribution in [0.1, 0.15) is 29.2 Å². The van der Waals surface area contributed by atoms with Crippen LogP contribution in [0.15, 0.2) is 30.6 Å². The molecule has 2 aromatic rings. The molecule has 1 aromatic carbocycles. The summed E-state index contributed by atoms with van der Waals surface area (Å²) in [5, 5.41) is 14.5. The summed E-state index contributed by atoms with van der Waals surface area (Å²) in [6.45, 7) is 1.12. The Morgan fingerprint density at radius 1 is 1.35 bits per heavy atom. The van der Waals surface area contributed by atoms with Crippen molar-refractivity contribution in [3.8, 4) is 0 Å². The first-order valence-electron chi connectivity index (χ1n) is 7.13. The Labute approximate surface area is 119 Å². The molecule has 4 heteroatoms. The van der Waals surface area contributed by atoms with E-state index in [1.165, 1.54) is 17.7 Å². The van der Waals surface area contributed by atoms with Gasteiger partial charge in [-0.3, -0.25) is 4.68 Å². The number of nitrogens with zero attached hydrogens (tertiary/aromatic N) is 3. The van der Waals surface area contributed by atoms with Crippen molar-refractivity contribution in [1.29, 1.82) is 0 Å². The average molecular weight is 271 g/mol. The van der Waals surface area contributed by atoms with E-state index in [9.17, 15) is 5.11 Å². The molecule has 1 aliphatic heterocycles. The average Bonchev–Trinajstić information content (AvgIpc) is 2.84. The van der Waals surface area contributed by atoms with Gasteiger partial charge in [0.25, 0.3) is 0 Å². The molecule has 0 amide bonds. The first-order valence-corrected chi connectivity index (χ1v) is 7.13. The zero-order valence-corrected chi connectivity index (χ0v) is 12.1. The number of hydrogen-bond acceptors (Lipinski definition) is 3. The maximum atomic E-state index is 10.4. The molecule has 3 rings (SSSR count). The second kappa shape index (κ2) is 5.29. The molecule has 0 spiro atoms. The van der Waals surface area contributed by atoms with E-state index in [0.717, 1.165) is 24.1 Å². The van der Waals surface area contributed by atoms with E-state index < -0.39 is 6.10 Å². The highest BCUT2D eigenvalue weighted by atomic mass is 16.3. The fraction of sp³-hybridized carbons (Fsp3) is 0.438. The topological polar surface area (TPSA) is 41.3 Å². The first kappa shape index (κ1) is 13.2. The highest BCUT2D eigenvalue weighted by molar-refractivity contribution is 5.56. The Morgan fingerprint density at radius 3 is 2.95 bits per heavy atom. The molecule has 4 nitrogen and oxygen atoms in total. The van der Waals surface area contributed by atoms with Crippen LogP contribution in [0.25, 0.3) is 0 Å². The Bertz CT molecular complexity index is 606. The van der Waals surface area contributed by atoms with Gasteiger partial charge in [0.1, 0.15) is 0 Å². The molecule has 0 saturated carbocycles. The fourth-order valence-corrected chi connectivity index (χ4v) is 2.93. The molecular formula is C16H21N3O. The molecule has 0 radical (unpaired) electrons. The molecule has 0 fully saturated rings. The fourth-order valence-electron chi connectivity index (χ4n) is 2.93. The number of aliphatic hydroxyl groups is 1. The lowest BCUT2D eigenvalue weighted by Crippen LogP contribution is -2.24. The third-order valence-electron chi connectivity index (χ3n) is 4.03. The molecule has 1 atom stereocenters. The minimum Gasteiger partial charge on any atom is -0.388 e. The molecule has 1 aromatic heterocycles. The number of fused-ring (bicyclic) bond motifs is 1. The number of rotatable bonds is 3. The zero-order chi connectivity index (χ0) is 14.1. The van der Waals surface area contributed by atoms with Crippen LogP contribution in [0.5, 0.6) is 0 Å². The van der Waals surface area contributed by atoms with E-state index in [-0.39, 0.29) is 0 Å². The van der Waals surface area contributed by atoms with Gasteiger partial charge in [-0.05, 0) is 35.6 Å². The predicted octanol–water partition coefficient (Wildman–Crippen LogP) is 2.08. The molecule has 0 bridgehead atoms. The molecule has 106 valence electrons. The Morgan fingerprint density at radius 2 is 2.20 bits per heavy atom. The van der Waals surface area contributed by atoms with Crippen molar-refractivity contribution in [2.24, 2.45) is 7.05 Å². The van der Waals surface area contributed by atoms with E-state index in [1.807, 2.05) is 25.5 Å². The lowest BCUT2D eigenvalue weighted by Gasteiger charge is -2.28. The number of benzene rings is 1. The molecule has 0 aliphatic carbocycles. The smallest absolute Gasteiger partial charge is 0.0831 e. The van der Waals surface area contributed by atoms with Crippen LogP contribution in [-0.4, -0.2) is 28.5 Å². The maximum Gasteiger partial charge on any atom is 0.0831 e. The summed E-state index contributed by atoms with van der Waals surface area (Å²) in [5.74, 6) is 0. The quantitative estimate of drug-likeness (QED) is 0.929. The molecule has 20 heavy (non-hydrogen) atoms. The Kier molecular flexibility index (Phi) is 3.49. The molecular weight excluding hydrogens is 250 g/mol. The van der Waals surface area contributed by atoms with Gasteiger partial charge in [0, 0.05) is 38.9 Å². The summed E-state index contributed by atoms with van der Waals surface area (Å²) in [6, 6.07) is 6.34. The molecule has 1 N–H and O–H groups in total. The number of aryl methyl sites for hydroxylation is 2. The van der Waals surface area contributed by atoms with Gasteiger partial charge in [0.15, 0.2) is 0 Å². The normalized spacial score (nSPS) is 16.1. The third-order valence-corrected chi connectivity index (χ3v) is 4.03. The van der Waals surface area contributed by atoms with Crippen molar-refractivity contribution in [2.45, 2.75) is 25.4 Å². The minimum absolute atomic E-state index is 0.461. The second-order valence-corrected chi connectivity index (χ2v) is 5.66. The third kappa shape index (κ3) is 2.56. The zero-order valence-electron chi connectivity index (χ0n) is 12.1. The Balaban J connectivity index is 1.80. The lowest BCUT2D eigenvalue weighted by molar-refractivity contribution is 0.178. The summed E-state index contributed by atoms with van der Waals surface area (Å²) < 4.78 is 1.77. The molecule has 0 saturated heterocycles. The highest BCUT2D eigenvalue weighted by Crippen LogP contribution is 2.29. The largest absolute Gasteiger partial charge is 0.388 e. The Hall–Kier alpha value is -1.81. The van der Waals surface area contributed by atoms with Crippen LogP contribution in [-0.2, 0) is 19.9 Å². The van der Waals surface area contributed by atoms with E-state index in [0.29, 0.717) is 6.42 Å². The van der Waals surface area contributed by atoms with Crippen LogP contribution in [0.2, 0.25) is 0 Å². The van der Waals surface area contributed by atoms with E-state index >= 15 is 0 Å².